The molecule has 2 aromatic heterocycles. The van der Waals surface area contributed by atoms with Gasteiger partial charge in [-0.25, -0.2) is 0 Å². The quantitative estimate of drug-likeness (QED) is 0.263. The van der Waals surface area contributed by atoms with Crippen LogP contribution in [0.25, 0.3) is 0 Å². The Balaban J connectivity index is 1.27. The molecule has 1 aromatic carbocycles. The van der Waals surface area contributed by atoms with Crippen molar-refractivity contribution in [2.24, 2.45) is 13.0 Å². The van der Waals surface area contributed by atoms with E-state index in [1.165, 1.54) is 28.0 Å². The lowest BCUT2D eigenvalue weighted by Gasteiger charge is -2.17. The average Bonchev–Trinajstić information content (AvgIpc) is 3.34. The number of thioether (sulfide) groups is 1. The van der Waals surface area contributed by atoms with Crippen molar-refractivity contribution in [1.29, 1.82) is 5.26 Å². The van der Waals surface area contributed by atoms with E-state index in [-0.39, 0.29) is 11.7 Å². The molecule has 0 aliphatic heterocycles. The summed E-state index contributed by atoms with van der Waals surface area (Å²) in [4.78, 5) is 13.8. The first-order chi connectivity index (χ1) is 16.9. The Kier molecular flexibility index (Phi) is 8.60. The van der Waals surface area contributed by atoms with Crippen LogP contribution in [0.1, 0.15) is 41.6 Å². The Bertz CT molecular complexity index is 1270. The topological polar surface area (TPSA) is 92.8 Å². The van der Waals surface area contributed by atoms with E-state index in [1.807, 2.05) is 11.6 Å². The summed E-state index contributed by atoms with van der Waals surface area (Å²) in [6.45, 7) is 2.70. The normalized spacial score (nSPS) is 14.9. The molecular formula is C24H25Cl2N5O2S2. The minimum atomic E-state index is -0.157. The highest BCUT2D eigenvalue weighted by Crippen LogP contribution is 2.39. The SMILES string of the molecule is CC1CCc2c(sc(NC(=O)CSc3nnc(CCCOc4ccc(Cl)cc4Cl)n3C)c2C#N)C1. The van der Waals surface area contributed by atoms with Gasteiger partial charge in [-0.1, -0.05) is 41.9 Å². The van der Waals surface area contributed by atoms with Crippen molar-refractivity contribution in [1.82, 2.24) is 14.8 Å². The molecule has 11 heteroatoms. The summed E-state index contributed by atoms with van der Waals surface area (Å²) in [6.07, 6.45) is 4.36. The fourth-order valence-corrected chi connectivity index (χ4v) is 6.51. The van der Waals surface area contributed by atoms with Gasteiger partial charge in [0.05, 0.1) is 22.9 Å². The first-order valence-corrected chi connectivity index (χ1v) is 13.8. The molecule has 0 saturated heterocycles. The Morgan fingerprint density at radius 1 is 1.40 bits per heavy atom. The van der Waals surface area contributed by atoms with Gasteiger partial charge in [0.15, 0.2) is 5.16 Å². The van der Waals surface area contributed by atoms with Crippen molar-refractivity contribution in [3.8, 4) is 11.8 Å². The van der Waals surface area contributed by atoms with Crippen molar-refractivity contribution < 1.29 is 9.53 Å². The molecule has 1 aliphatic carbocycles. The maximum atomic E-state index is 12.6. The largest absolute Gasteiger partial charge is 0.492 e. The van der Waals surface area contributed by atoms with Crippen LogP contribution in [0, 0.1) is 17.2 Å². The van der Waals surface area contributed by atoms with Gasteiger partial charge in [0.1, 0.15) is 22.6 Å². The predicted octanol–water partition coefficient (Wildman–Crippen LogP) is 5.92. The maximum absolute atomic E-state index is 12.6. The smallest absolute Gasteiger partial charge is 0.235 e. The number of aryl methyl sites for hydroxylation is 1. The predicted molar refractivity (Wildman–Crippen MR) is 141 cm³/mol. The zero-order valence-electron chi connectivity index (χ0n) is 19.4. The summed E-state index contributed by atoms with van der Waals surface area (Å²) in [6, 6.07) is 7.42. The van der Waals surface area contributed by atoms with Crippen LogP contribution in [0.4, 0.5) is 5.00 Å². The van der Waals surface area contributed by atoms with Gasteiger partial charge in [0.25, 0.3) is 0 Å². The molecule has 2 heterocycles. The lowest BCUT2D eigenvalue weighted by Crippen LogP contribution is -2.14. The molecule has 1 N–H and O–H groups in total. The van der Waals surface area contributed by atoms with E-state index in [0.717, 1.165) is 37.1 Å². The molecule has 1 aliphatic rings. The van der Waals surface area contributed by atoms with Gasteiger partial charge >= 0.3 is 0 Å². The number of fused-ring (bicyclic) bond motifs is 1. The fourth-order valence-electron chi connectivity index (χ4n) is 3.94. The number of nitrogens with one attached hydrogen (secondary N) is 1. The summed E-state index contributed by atoms with van der Waals surface area (Å²) < 4.78 is 7.61. The third-order valence-corrected chi connectivity index (χ3v) is 8.55. The van der Waals surface area contributed by atoms with Gasteiger partial charge in [0, 0.05) is 23.4 Å². The number of hydrogen-bond donors (Lipinski definition) is 1. The third kappa shape index (κ3) is 6.31. The molecule has 1 atom stereocenters. The van der Waals surface area contributed by atoms with E-state index in [1.54, 1.807) is 18.2 Å². The molecule has 1 amide bonds. The first-order valence-electron chi connectivity index (χ1n) is 11.3. The standard InChI is InChI=1S/C24H25Cl2N5O2S2/c1-14-5-7-16-17(12-27)23(35-20(16)10-14)28-22(32)13-34-24-30-29-21(31(24)2)4-3-9-33-19-8-6-15(25)11-18(19)26/h6,8,11,14H,3-5,7,9-10,13H2,1-2H3,(H,28,32). The van der Waals surface area contributed by atoms with Gasteiger partial charge < -0.3 is 14.6 Å². The maximum Gasteiger partial charge on any atom is 0.235 e. The van der Waals surface area contributed by atoms with E-state index in [4.69, 9.17) is 27.9 Å². The van der Waals surface area contributed by atoms with E-state index >= 15 is 0 Å². The second-order valence-electron chi connectivity index (χ2n) is 8.49. The van der Waals surface area contributed by atoms with Crippen molar-refractivity contribution in [2.45, 2.75) is 44.2 Å². The van der Waals surface area contributed by atoms with Crippen LogP contribution in [-0.2, 0) is 31.1 Å². The number of rotatable bonds is 9. The number of nitrogens with zero attached hydrogens (tertiary/aromatic N) is 4. The van der Waals surface area contributed by atoms with Gasteiger partial charge in [-0.05, 0) is 55.4 Å². The van der Waals surface area contributed by atoms with Gasteiger partial charge in [-0.3, -0.25) is 4.79 Å². The number of thiophene rings is 1. The summed E-state index contributed by atoms with van der Waals surface area (Å²) in [7, 11) is 1.88. The van der Waals surface area contributed by atoms with Crippen molar-refractivity contribution in [3.63, 3.8) is 0 Å². The molecular weight excluding hydrogens is 525 g/mol. The third-order valence-electron chi connectivity index (χ3n) is 5.83. The Morgan fingerprint density at radius 2 is 2.23 bits per heavy atom. The molecule has 0 radical (unpaired) electrons. The van der Waals surface area contributed by atoms with Crippen LogP contribution in [-0.4, -0.2) is 33.0 Å². The molecule has 3 aromatic rings. The van der Waals surface area contributed by atoms with Gasteiger partial charge in [0.2, 0.25) is 5.91 Å². The van der Waals surface area contributed by atoms with Gasteiger partial charge in [-0.2, -0.15) is 5.26 Å². The molecule has 0 saturated carbocycles. The number of carbonyl (C=O) groups is 1. The fraction of sp³-hybridized carbons (Fsp3) is 0.417. The number of aromatic nitrogens is 3. The monoisotopic (exact) mass is 549 g/mol. The molecule has 0 bridgehead atoms. The summed E-state index contributed by atoms with van der Waals surface area (Å²) in [5.74, 6) is 2.05. The summed E-state index contributed by atoms with van der Waals surface area (Å²) in [5.41, 5.74) is 1.73. The second-order valence-corrected chi connectivity index (χ2v) is 11.4. The molecule has 184 valence electrons. The van der Waals surface area contributed by atoms with Crippen LogP contribution in [0.15, 0.2) is 23.4 Å². The minimum Gasteiger partial charge on any atom is -0.492 e. The van der Waals surface area contributed by atoms with Crippen molar-refractivity contribution in [2.75, 3.05) is 17.7 Å². The number of benzene rings is 1. The van der Waals surface area contributed by atoms with Crippen LogP contribution in [0.2, 0.25) is 10.0 Å². The number of hydrogen-bond acceptors (Lipinski definition) is 7. The molecule has 4 rings (SSSR count). The van der Waals surface area contributed by atoms with Crippen LogP contribution >= 0.6 is 46.3 Å². The molecule has 7 nitrogen and oxygen atoms in total. The zero-order valence-corrected chi connectivity index (χ0v) is 22.6. The second kappa shape index (κ2) is 11.7. The Morgan fingerprint density at radius 3 is 3.00 bits per heavy atom. The number of carbonyl (C=O) groups excluding carboxylic acids is 1. The minimum absolute atomic E-state index is 0.157. The summed E-state index contributed by atoms with van der Waals surface area (Å²) >= 11 is 14.9. The number of halogens is 2. The number of nitriles is 1. The zero-order chi connectivity index (χ0) is 24.9. The van der Waals surface area contributed by atoms with E-state index in [0.29, 0.717) is 50.5 Å². The highest BCUT2D eigenvalue weighted by molar-refractivity contribution is 7.99. The van der Waals surface area contributed by atoms with Crippen LogP contribution < -0.4 is 10.1 Å². The van der Waals surface area contributed by atoms with Crippen LogP contribution in [0.5, 0.6) is 5.75 Å². The van der Waals surface area contributed by atoms with E-state index in [9.17, 15) is 10.1 Å². The average molecular weight is 551 g/mol. The first kappa shape index (κ1) is 25.8. The highest BCUT2D eigenvalue weighted by atomic mass is 35.5. The summed E-state index contributed by atoms with van der Waals surface area (Å²) in [5, 5.41) is 23.4. The number of amides is 1. The molecule has 0 fully saturated rings. The highest BCUT2D eigenvalue weighted by Gasteiger charge is 2.24. The van der Waals surface area contributed by atoms with E-state index < -0.39 is 0 Å². The Hall–Kier alpha value is -2.25. The van der Waals surface area contributed by atoms with E-state index in [2.05, 4.69) is 28.5 Å². The van der Waals surface area contributed by atoms with Crippen LogP contribution in [0.3, 0.4) is 0 Å². The number of ether oxygens (including phenoxy) is 1. The molecule has 1 unspecified atom stereocenters. The van der Waals surface area contributed by atoms with Crippen molar-refractivity contribution >= 4 is 57.2 Å². The van der Waals surface area contributed by atoms with Gasteiger partial charge in [-0.15, -0.1) is 21.5 Å². The lowest BCUT2D eigenvalue weighted by molar-refractivity contribution is -0.113. The Labute approximate surface area is 222 Å². The molecule has 35 heavy (non-hydrogen) atoms. The van der Waals surface area contributed by atoms with Crippen molar-refractivity contribution in [3.05, 3.63) is 50.1 Å². The molecule has 0 spiro atoms. The number of anilines is 1. The lowest BCUT2D eigenvalue weighted by atomic mass is 9.89.